The molecular formula is C23H23N3O2. The van der Waals surface area contributed by atoms with Gasteiger partial charge in [-0.2, -0.15) is 0 Å². The van der Waals surface area contributed by atoms with E-state index in [4.69, 9.17) is 14.6 Å². The van der Waals surface area contributed by atoms with E-state index in [-0.39, 0.29) is 0 Å². The van der Waals surface area contributed by atoms with E-state index in [1.165, 1.54) is 28.8 Å². The third kappa shape index (κ3) is 2.93. The number of methoxy groups -OCH3 is 1. The summed E-state index contributed by atoms with van der Waals surface area (Å²) in [6.45, 7) is 1.46. The standard InChI is InChI=1S/C23H23N3O2/c1-27-18-12-10-17(11-13-18)21-15-26-23-20(21)9-5-6-14-25(23)22(24-26)16-28-19-7-3-2-4-8-19/h2-4,7-8,10-13,15H,5-6,9,14,16H2,1H3. The highest BCUT2D eigenvalue weighted by molar-refractivity contribution is 5.75. The number of para-hydroxylation sites is 1. The monoisotopic (exact) mass is 373 g/mol. The maximum absolute atomic E-state index is 5.97. The van der Waals surface area contributed by atoms with Gasteiger partial charge in [-0.15, -0.1) is 5.10 Å². The van der Waals surface area contributed by atoms with Gasteiger partial charge < -0.3 is 14.0 Å². The number of ether oxygens (including phenoxy) is 2. The van der Waals surface area contributed by atoms with Crippen LogP contribution in [0, 0.1) is 0 Å². The van der Waals surface area contributed by atoms with E-state index in [1.54, 1.807) is 7.11 Å². The van der Waals surface area contributed by atoms with E-state index in [0.29, 0.717) is 6.61 Å². The Hall–Kier alpha value is -3.21. The van der Waals surface area contributed by atoms with Crippen molar-refractivity contribution in [3.8, 4) is 22.6 Å². The van der Waals surface area contributed by atoms with Crippen molar-refractivity contribution >= 4 is 5.65 Å². The molecule has 0 aliphatic carbocycles. The van der Waals surface area contributed by atoms with Crippen LogP contribution in [0.15, 0.2) is 60.8 Å². The van der Waals surface area contributed by atoms with Gasteiger partial charge >= 0.3 is 0 Å². The van der Waals surface area contributed by atoms with E-state index in [0.717, 1.165) is 36.7 Å². The molecule has 0 atom stereocenters. The Morgan fingerprint density at radius 1 is 0.964 bits per heavy atom. The normalized spacial score (nSPS) is 13.5. The first-order valence-electron chi connectivity index (χ1n) is 9.75. The fraction of sp³-hybridized carbons (Fsp3) is 0.261. The molecule has 4 aromatic rings. The van der Waals surface area contributed by atoms with E-state index in [9.17, 15) is 0 Å². The summed E-state index contributed by atoms with van der Waals surface area (Å²) in [4.78, 5) is 0. The van der Waals surface area contributed by atoms with E-state index >= 15 is 0 Å². The van der Waals surface area contributed by atoms with Crippen LogP contribution in [0.5, 0.6) is 11.5 Å². The van der Waals surface area contributed by atoms with Crippen molar-refractivity contribution < 1.29 is 9.47 Å². The van der Waals surface area contributed by atoms with Crippen molar-refractivity contribution in [2.75, 3.05) is 7.11 Å². The SMILES string of the molecule is COc1ccc(-c2cn3nc(COc4ccccc4)n4c3c2CCCC4)cc1. The lowest BCUT2D eigenvalue weighted by Gasteiger charge is -2.08. The molecule has 0 radical (unpaired) electrons. The third-order valence-corrected chi connectivity index (χ3v) is 5.42. The minimum atomic E-state index is 0.475. The fourth-order valence-corrected chi connectivity index (χ4v) is 4.03. The molecule has 0 amide bonds. The molecule has 5 rings (SSSR count). The highest BCUT2D eigenvalue weighted by atomic mass is 16.5. The Balaban J connectivity index is 1.53. The molecule has 0 fully saturated rings. The van der Waals surface area contributed by atoms with Crippen LogP contribution in [0.2, 0.25) is 0 Å². The van der Waals surface area contributed by atoms with Gasteiger partial charge in [0, 0.05) is 23.9 Å². The van der Waals surface area contributed by atoms with Crippen molar-refractivity contribution in [2.24, 2.45) is 0 Å². The molecule has 28 heavy (non-hydrogen) atoms. The largest absolute Gasteiger partial charge is 0.497 e. The summed E-state index contributed by atoms with van der Waals surface area (Å²) in [7, 11) is 1.70. The van der Waals surface area contributed by atoms with Gasteiger partial charge in [0.25, 0.3) is 0 Å². The minimum Gasteiger partial charge on any atom is -0.497 e. The van der Waals surface area contributed by atoms with Crippen LogP contribution in [0.1, 0.15) is 24.2 Å². The lowest BCUT2D eigenvalue weighted by atomic mass is 10.0. The van der Waals surface area contributed by atoms with Crippen LogP contribution in [0.25, 0.3) is 16.8 Å². The molecule has 2 aromatic carbocycles. The second kappa shape index (κ2) is 7.08. The Morgan fingerprint density at radius 2 is 1.79 bits per heavy atom. The van der Waals surface area contributed by atoms with Crippen LogP contribution < -0.4 is 9.47 Å². The zero-order valence-corrected chi connectivity index (χ0v) is 16.0. The van der Waals surface area contributed by atoms with Crippen molar-refractivity contribution in [1.82, 2.24) is 14.2 Å². The molecule has 5 nitrogen and oxygen atoms in total. The fourth-order valence-electron chi connectivity index (χ4n) is 4.03. The zero-order chi connectivity index (χ0) is 18.9. The average Bonchev–Trinajstić information content (AvgIpc) is 3.16. The van der Waals surface area contributed by atoms with Crippen LogP contribution in [0.4, 0.5) is 0 Å². The van der Waals surface area contributed by atoms with Gasteiger partial charge in [0.05, 0.1) is 7.11 Å². The number of rotatable bonds is 5. The molecule has 0 N–H and O–H groups in total. The Bertz CT molecular complexity index is 1090. The first-order valence-corrected chi connectivity index (χ1v) is 9.75. The third-order valence-electron chi connectivity index (χ3n) is 5.42. The maximum Gasteiger partial charge on any atom is 0.169 e. The lowest BCUT2D eigenvalue weighted by molar-refractivity contribution is 0.288. The van der Waals surface area contributed by atoms with E-state index in [2.05, 4.69) is 22.9 Å². The molecular weight excluding hydrogens is 350 g/mol. The highest BCUT2D eigenvalue weighted by Crippen LogP contribution is 2.33. The van der Waals surface area contributed by atoms with Crippen LogP contribution in [-0.4, -0.2) is 21.3 Å². The molecule has 1 aliphatic rings. The van der Waals surface area contributed by atoms with Gasteiger partial charge in [0.1, 0.15) is 23.8 Å². The topological polar surface area (TPSA) is 40.7 Å². The number of aromatic nitrogens is 3. The summed E-state index contributed by atoms with van der Waals surface area (Å²) >= 11 is 0. The Morgan fingerprint density at radius 3 is 2.57 bits per heavy atom. The van der Waals surface area contributed by atoms with Gasteiger partial charge in [0.2, 0.25) is 0 Å². The van der Waals surface area contributed by atoms with Crippen LogP contribution in [-0.2, 0) is 19.6 Å². The summed E-state index contributed by atoms with van der Waals surface area (Å²) in [5, 5.41) is 4.85. The van der Waals surface area contributed by atoms with Crippen LogP contribution >= 0.6 is 0 Å². The van der Waals surface area contributed by atoms with Crippen molar-refractivity contribution in [2.45, 2.75) is 32.4 Å². The molecule has 3 heterocycles. The summed E-state index contributed by atoms with van der Waals surface area (Å²) in [5.41, 5.74) is 5.05. The molecule has 0 bridgehead atoms. The summed E-state index contributed by atoms with van der Waals surface area (Å²) in [5.74, 6) is 2.72. The predicted octanol–water partition coefficient (Wildman–Crippen LogP) is 4.73. The molecule has 1 aliphatic heterocycles. The Labute approximate surface area is 164 Å². The van der Waals surface area contributed by atoms with Gasteiger partial charge in [0.15, 0.2) is 5.82 Å². The van der Waals surface area contributed by atoms with Crippen LogP contribution in [0.3, 0.4) is 0 Å². The maximum atomic E-state index is 5.97. The van der Waals surface area contributed by atoms with Gasteiger partial charge in [-0.05, 0) is 49.1 Å². The molecule has 5 heteroatoms. The number of hydrogen-bond donors (Lipinski definition) is 0. The second-order valence-electron chi connectivity index (χ2n) is 7.14. The lowest BCUT2D eigenvalue weighted by Crippen LogP contribution is -2.07. The molecule has 0 spiro atoms. The Kier molecular flexibility index (Phi) is 4.28. The van der Waals surface area contributed by atoms with Crippen molar-refractivity contribution in [3.63, 3.8) is 0 Å². The highest BCUT2D eigenvalue weighted by Gasteiger charge is 2.22. The number of nitrogens with zero attached hydrogens (tertiary/aromatic N) is 3. The second-order valence-corrected chi connectivity index (χ2v) is 7.14. The molecule has 0 saturated carbocycles. The van der Waals surface area contributed by atoms with Gasteiger partial charge in [-0.1, -0.05) is 30.3 Å². The first kappa shape index (κ1) is 16.9. The molecule has 2 aromatic heterocycles. The minimum absolute atomic E-state index is 0.475. The predicted molar refractivity (Wildman–Crippen MR) is 109 cm³/mol. The van der Waals surface area contributed by atoms with Gasteiger partial charge in [-0.25, -0.2) is 4.52 Å². The van der Waals surface area contributed by atoms with Crippen molar-refractivity contribution in [3.05, 3.63) is 72.2 Å². The number of aryl methyl sites for hydroxylation is 2. The van der Waals surface area contributed by atoms with E-state index in [1.807, 2.05) is 47.0 Å². The first-order chi connectivity index (χ1) is 13.8. The van der Waals surface area contributed by atoms with Gasteiger partial charge in [-0.3, -0.25) is 0 Å². The average molecular weight is 373 g/mol. The molecule has 0 unspecified atom stereocenters. The van der Waals surface area contributed by atoms with Crippen molar-refractivity contribution in [1.29, 1.82) is 0 Å². The van der Waals surface area contributed by atoms with E-state index < -0.39 is 0 Å². The smallest absolute Gasteiger partial charge is 0.169 e. The summed E-state index contributed by atoms with van der Waals surface area (Å²) in [6.07, 6.45) is 5.56. The molecule has 142 valence electrons. The number of hydrogen-bond acceptors (Lipinski definition) is 3. The molecule has 0 saturated heterocycles. The quantitative estimate of drug-likeness (QED) is 0.508. The summed E-state index contributed by atoms with van der Waals surface area (Å²) < 4.78 is 15.6. The zero-order valence-electron chi connectivity index (χ0n) is 16.0. The summed E-state index contributed by atoms with van der Waals surface area (Å²) in [6, 6.07) is 18.2. The number of benzene rings is 2.